The van der Waals surface area contributed by atoms with Crippen molar-refractivity contribution in [1.82, 2.24) is 30.4 Å². The fourth-order valence-electron chi connectivity index (χ4n) is 3.51. The molecule has 0 amide bonds. The number of nitrogens with one attached hydrogen (secondary N) is 2. The molecule has 10 heteroatoms. The molecule has 0 bridgehead atoms. The van der Waals surface area contributed by atoms with Gasteiger partial charge in [0, 0.05) is 37.6 Å². The van der Waals surface area contributed by atoms with Crippen LogP contribution >= 0.6 is 35.6 Å². The molecular formula is C21H26ClIN8. The summed E-state index contributed by atoms with van der Waals surface area (Å²) in [5.74, 6) is 2.38. The monoisotopic (exact) mass is 552 g/mol. The topological polar surface area (TPSA) is 83.3 Å². The quantitative estimate of drug-likeness (QED) is 0.278. The number of nitrogens with zero attached hydrogens (tertiary/aromatic N) is 6. The van der Waals surface area contributed by atoms with Crippen molar-refractivity contribution >= 4 is 47.4 Å². The van der Waals surface area contributed by atoms with E-state index >= 15 is 0 Å². The van der Waals surface area contributed by atoms with Gasteiger partial charge in [-0.15, -0.1) is 34.2 Å². The summed E-state index contributed by atoms with van der Waals surface area (Å²) in [6.45, 7) is 4.97. The number of guanidine groups is 1. The molecule has 1 unspecified atom stereocenters. The predicted molar refractivity (Wildman–Crippen MR) is 135 cm³/mol. The fourth-order valence-corrected chi connectivity index (χ4v) is 3.76. The Kier molecular flexibility index (Phi) is 8.47. The first-order valence-electron chi connectivity index (χ1n) is 10.1. The van der Waals surface area contributed by atoms with Crippen molar-refractivity contribution in [3.05, 3.63) is 65.8 Å². The minimum absolute atomic E-state index is 0. The number of rotatable bonds is 6. The summed E-state index contributed by atoms with van der Waals surface area (Å²) in [5, 5.41) is 15.8. The van der Waals surface area contributed by atoms with Crippen molar-refractivity contribution in [2.75, 3.05) is 24.5 Å². The molecule has 164 valence electrons. The van der Waals surface area contributed by atoms with Crippen molar-refractivity contribution in [2.45, 2.75) is 25.9 Å². The molecule has 0 aliphatic carbocycles. The van der Waals surface area contributed by atoms with Crippen LogP contribution in [0, 0.1) is 0 Å². The molecular weight excluding hydrogens is 527 g/mol. The molecule has 0 saturated carbocycles. The largest absolute Gasteiger partial charge is 0.357 e. The van der Waals surface area contributed by atoms with Crippen LogP contribution in [-0.4, -0.2) is 51.4 Å². The summed E-state index contributed by atoms with van der Waals surface area (Å²) < 4.78 is 1.95. The molecule has 31 heavy (non-hydrogen) atoms. The molecule has 3 heterocycles. The van der Waals surface area contributed by atoms with E-state index < -0.39 is 0 Å². The summed E-state index contributed by atoms with van der Waals surface area (Å²) in [6.07, 6.45) is 4.47. The van der Waals surface area contributed by atoms with Crippen molar-refractivity contribution in [1.29, 1.82) is 0 Å². The van der Waals surface area contributed by atoms with E-state index in [-0.39, 0.29) is 30.0 Å². The molecule has 8 nitrogen and oxygen atoms in total. The Balaban J connectivity index is 0.00000272. The van der Waals surface area contributed by atoms with Crippen LogP contribution < -0.4 is 15.5 Å². The van der Waals surface area contributed by atoms with Gasteiger partial charge < -0.3 is 15.5 Å². The van der Waals surface area contributed by atoms with Gasteiger partial charge in [-0.3, -0.25) is 4.57 Å². The van der Waals surface area contributed by atoms with Gasteiger partial charge >= 0.3 is 0 Å². The van der Waals surface area contributed by atoms with Gasteiger partial charge in [-0.2, -0.15) is 0 Å². The molecule has 1 aromatic carbocycles. The second kappa shape index (κ2) is 11.3. The Morgan fingerprint density at radius 3 is 2.84 bits per heavy atom. The van der Waals surface area contributed by atoms with Gasteiger partial charge in [0.15, 0.2) is 11.8 Å². The van der Waals surface area contributed by atoms with Crippen molar-refractivity contribution in [2.24, 2.45) is 4.99 Å². The maximum atomic E-state index is 6.30. The van der Waals surface area contributed by atoms with Gasteiger partial charge in [0.05, 0.1) is 5.02 Å². The van der Waals surface area contributed by atoms with Crippen molar-refractivity contribution in [3.63, 3.8) is 0 Å². The number of pyridine rings is 1. The summed E-state index contributed by atoms with van der Waals surface area (Å²) in [7, 11) is 0. The number of aliphatic imine (C=N–C) groups is 1. The fraction of sp³-hybridized carbons (Fsp3) is 0.333. The zero-order valence-electron chi connectivity index (χ0n) is 17.3. The van der Waals surface area contributed by atoms with E-state index in [1.54, 1.807) is 12.5 Å². The Hall–Kier alpha value is -2.40. The van der Waals surface area contributed by atoms with Gasteiger partial charge in [0.25, 0.3) is 0 Å². The Morgan fingerprint density at radius 2 is 2.06 bits per heavy atom. The SMILES string of the molecule is CCNC(=NCc1nncn1-c1ccccc1)NC1CCN(c2ncccc2Cl)C1.I. The molecule has 1 fully saturated rings. The van der Waals surface area contributed by atoms with E-state index in [1.807, 2.05) is 47.0 Å². The van der Waals surface area contributed by atoms with Gasteiger partial charge in [-0.05, 0) is 37.6 Å². The molecule has 2 N–H and O–H groups in total. The van der Waals surface area contributed by atoms with Crippen LogP contribution in [0.2, 0.25) is 5.02 Å². The Morgan fingerprint density at radius 1 is 1.23 bits per heavy atom. The molecule has 2 aromatic heterocycles. The summed E-state index contributed by atoms with van der Waals surface area (Å²) in [6, 6.07) is 14.0. The molecule has 1 atom stereocenters. The molecule has 3 aromatic rings. The number of hydrogen-bond acceptors (Lipinski definition) is 5. The number of para-hydroxylation sites is 1. The lowest BCUT2D eigenvalue weighted by Crippen LogP contribution is -2.44. The van der Waals surface area contributed by atoms with Crippen molar-refractivity contribution in [3.8, 4) is 5.69 Å². The molecule has 1 aliphatic rings. The lowest BCUT2D eigenvalue weighted by atomic mass is 10.3. The second-order valence-electron chi connectivity index (χ2n) is 7.03. The van der Waals surface area contributed by atoms with E-state index in [0.29, 0.717) is 11.6 Å². The average Bonchev–Trinajstić information content (AvgIpc) is 3.43. The number of anilines is 1. The average molecular weight is 553 g/mol. The first-order valence-corrected chi connectivity index (χ1v) is 10.5. The maximum Gasteiger partial charge on any atom is 0.191 e. The first kappa shape index (κ1) is 23.3. The van der Waals surface area contributed by atoms with Crippen LogP contribution in [0.3, 0.4) is 0 Å². The van der Waals surface area contributed by atoms with Crippen LogP contribution in [-0.2, 0) is 6.54 Å². The highest BCUT2D eigenvalue weighted by atomic mass is 127. The number of halogens is 2. The lowest BCUT2D eigenvalue weighted by molar-refractivity contribution is 0.647. The van der Waals surface area contributed by atoms with Gasteiger partial charge in [0.1, 0.15) is 18.7 Å². The molecule has 0 spiro atoms. The highest BCUT2D eigenvalue weighted by Gasteiger charge is 2.25. The molecule has 4 rings (SSSR count). The normalized spacial score (nSPS) is 16.1. The van der Waals surface area contributed by atoms with Crippen LogP contribution in [0.15, 0.2) is 60.0 Å². The van der Waals surface area contributed by atoms with E-state index in [1.165, 1.54) is 0 Å². The lowest BCUT2D eigenvalue weighted by Gasteiger charge is -2.20. The predicted octanol–water partition coefficient (Wildman–Crippen LogP) is 3.27. The van der Waals surface area contributed by atoms with E-state index in [4.69, 9.17) is 16.6 Å². The Bertz CT molecular complexity index is 994. The zero-order valence-corrected chi connectivity index (χ0v) is 20.4. The van der Waals surface area contributed by atoms with Gasteiger partial charge in [0.2, 0.25) is 0 Å². The minimum Gasteiger partial charge on any atom is -0.357 e. The van der Waals surface area contributed by atoms with E-state index in [9.17, 15) is 0 Å². The summed E-state index contributed by atoms with van der Waals surface area (Å²) >= 11 is 6.30. The smallest absolute Gasteiger partial charge is 0.191 e. The Labute approximate surface area is 204 Å². The molecule has 1 saturated heterocycles. The van der Waals surface area contributed by atoms with E-state index in [0.717, 1.165) is 49.3 Å². The third-order valence-corrected chi connectivity index (χ3v) is 5.24. The molecule has 1 aliphatic heterocycles. The van der Waals surface area contributed by atoms with Crippen LogP contribution in [0.5, 0.6) is 0 Å². The summed E-state index contributed by atoms with van der Waals surface area (Å²) in [5.41, 5.74) is 1.02. The maximum absolute atomic E-state index is 6.30. The third-order valence-electron chi connectivity index (χ3n) is 4.94. The number of hydrogen-bond donors (Lipinski definition) is 2. The standard InChI is InChI=1S/C21H25ClN8.HI/c1-2-23-21(25-13-19-28-26-15-30(19)17-7-4-3-5-8-17)27-16-10-12-29(14-16)20-18(22)9-6-11-24-20;/h3-9,11,15-16H,2,10,12-14H2,1H3,(H2,23,25,27);1H. The second-order valence-corrected chi connectivity index (χ2v) is 7.44. The van der Waals surface area contributed by atoms with Crippen LogP contribution in [0.4, 0.5) is 5.82 Å². The van der Waals surface area contributed by atoms with Gasteiger partial charge in [-0.1, -0.05) is 29.8 Å². The highest BCUT2D eigenvalue weighted by Crippen LogP contribution is 2.25. The number of aromatic nitrogens is 4. The minimum atomic E-state index is 0. The highest BCUT2D eigenvalue weighted by molar-refractivity contribution is 14.0. The van der Waals surface area contributed by atoms with Gasteiger partial charge in [-0.25, -0.2) is 9.98 Å². The van der Waals surface area contributed by atoms with Crippen molar-refractivity contribution < 1.29 is 0 Å². The van der Waals surface area contributed by atoms with Crippen LogP contribution in [0.25, 0.3) is 5.69 Å². The first-order chi connectivity index (χ1) is 14.7. The molecule has 0 radical (unpaired) electrons. The van der Waals surface area contributed by atoms with Crippen LogP contribution in [0.1, 0.15) is 19.2 Å². The van der Waals surface area contributed by atoms with E-state index in [2.05, 4.69) is 37.6 Å². The zero-order chi connectivity index (χ0) is 20.8. The summed E-state index contributed by atoms with van der Waals surface area (Å²) in [4.78, 5) is 11.4. The number of benzene rings is 1. The third kappa shape index (κ3) is 5.85.